The molecule has 0 amide bonds. The van der Waals surface area contributed by atoms with Crippen LogP contribution in [0, 0.1) is 10.1 Å². The zero-order valence-corrected chi connectivity index (χ0v) is 10.5. The molecule has 0 saturated carbocycles. The largest absolute Gasteiger partial charge is 0.354 e. The smallest absolute Gasteiger partial charge is 0.272 e. The van der Waals surface area contributed by atoms with Gasteiger partial charge in [0, 0.05) is 29.4 Å². The Morgan fingerprint density at radius 1 is 1.05 bits per heavy atom. The number of non-ortho nitro benzene ring substituents is 1. The first-order chi connectivity index (χ1) is 9.74. The van der Waals surface area contributed by atoms with Gasteiger partial charge in [-0.2, -0.15) is 0 Å². The Balaban J connectivity index is 2.15. The van der Waals surface area contributed by atoms with Crippen molar-refractivity contribution in [2.24, 2.45) is 0 Å². The highest BCUT2D eigenvalue weighted by Crippen LogP contribution is 2.29. The van der Waals surface area contributed by atoms with E-state index in [0.29, 0.717) is 11.2 Å². The maximum atomic E-state index is 11.0. The maximum absolute atomic E-state index is 11.0. The second kappa shape index (κ2) is 4.97. The Labute approximate surface area is 115 Å². The number of hydrogen-bond donors (Lipinski definition) is 1. The molecule has 2 aromatic carbocycles. The van der Waals surface area contributed by atoms with Crippen LogP contribution in [0.1, 0.15) is 0 Å². The molecule has 1 heterocycles. The molecule has 5 heteroatoms. The highest BCUT2D eigenvalue weighted by atomic mass is 16.6. The summed E-state index contributed by atoms with van der Waals surface area (Å²) in [6, 6.07) is 16.1. The quantitative estimate of drug-likeness (QED) is 0.576. The van der Waals surface area contributed by atoms with Crippen molar-refractivity contribution in [1.29, 1.82) is 0 Å². The minimum absolute atomic E-state index is 0.0453. The van der Waals surface area contributed by atoms with Crippen molar-refractivity contribution >= 4 is 28.0 Å². The molecular formula is C15H11N3O2. The number of benzene rings is 2. The highest BCUT2D eigenvalue weighted by Gasteiger charge is 2.12. The van der Waals surface area contributed by atoms with Crippen molar-refractivity contribution < 1.29 is 4.92 Å². The summed E-state index contributed by atoms with van der Waals surface area (Å²) < 4.78 is 0. The van der Waals surface area contributed by atoms with E-state index in [-0.39, 0.29) is 5.69 Å². The minimum atomic E-state index is -0.400. The molecule has 0 aliphatic carbocycles. The van der Waals surface area contributed by atoms with E-state index in [1.54, 1.807) is 12.3 Å². The standard InChI is InChI=1S/C15H11N3O2/c19-18(20)13-9-11-5-4-8-16-15(11)14(10-13)17-12-6-2-1-3-7-12/h1-10,17H. The van der Waals surface area contributed by atoms with Gasteiger partial charge in [0.05, 0.1) is 16.1 Å². The van der Waals surface area contributed by atoms with Crippen LogP contribution in [0.15, 0.2) is 60.8 Å². The number of hydrogen-bond acceptors (Lipinski definition) is 4. The summed E-state index contributed by atoms with van der Waals surface area (Å²) in [4.78, 5) is 14.9. The van der Waals surface area contributed by atoms with Crippen LogP contribution < -0.4 is 5.32 Å². The van der Waals surface area contributed by atoms with Gasteiger partial charge < -0.3 is 5.32 Å². The third-order valence-corrected chi connectivity index (χ3v) is 2.95. The Morgan fingerprint density at radius 3 is 2.60 bits per heavy atom. The number of fused-ring (bicyclic) bond motifs is 1. The molecule has 0 atom stereocenters. The number of nitrogens with zero attached hydrogens (tertiary/aromatic N) is 2. The fourth-order valence-corrected chi connectivity index (χ4v) is 2.05. The van der Waals surface area contributed by atoms with Gasteiger partial charge in [-0.3, -0.25) is 15.1 Å². The summed E-state index contributed by atoms with van der Waals surface area (Å²) in [5.41, 5.74) is 2.24. The topological polar surface area (TPSA) is 68.1 Å². The summed E-state index contributed by atoms with van der Waals surface area (Å²) >= 11 is 0. The van der Waals surface area contributed by atoms with Crippen molar-refractivity contribution in [2.45, 2.75) is 0 Å². The normalized spacial score (nSPS) is 10.4. The van der Waals surface area contributed by atoms with Gasteiger partial charge in [0.25, 0.3) is 5.69 Å². The van der Waals surface area contributed by atoms with Gasteiger partial charge in [-0.1, -0.05) is 24.3 Å². The number of anilines is 2. The van der Waals surface area contributed by atoms with E-state index in [4.69, 9.17) is 0 Å². The average Bonchev–Trinajstić information content (AvgIpc) is 2.48. The summed E-state index contributed by atoms with van der Waals surface area (Å²) in [6.45, 7) is 0. The van der Waals surface area contributed by atoms with Crippen molar-refractivity contribution in [1.82, 2.24) is 4.98 Å². The Morgan fingerprint density at radius 2 is 1.85 bits per heavy atom. The molecule has 3 rings (SSSR count). The maximum Gasteiger partial charge on any atom is 0.272 e. The number of para-hydroxylation sites is 1. The average molecular weight is 265 g/mol. The summed E-state index contributed by atoms with van der Waals surface area (Å²) in [7, 11) is 0. The van der Waals surface area contributed by atoms with E-state index >= 15 is 0 Å². The van der Waals surface area contributed by atoms with E-state index in [9.17, 15) is 10.1 Å². The van der Waals surface area contributed by atoms with Crippen molar-refractivity contribution in [3.05, 3.63) is 70.9 Å². The van der Waals surface area contributed by atoms with Crippen LogP contribution in [0.25, 0.3) is 10.9 Å². The summed E-state index contributed by atoms with van der Waals surface area (Å²) in [5, 5.41) is 14.9. The van der Waals surface area contributed by atoms with Gasteiger partial charge in [-0.05, 0) is 18.2 Å². The molecule has 3 aromatic rings. The molecule has 0 unspecified atom stereocenters. The lowest BCUT2D eigenvalue weighted by molar-refractivity contribution is -0.384. The van der Waals surface area contributed by atoms with Crippen LogP contribution in [0.3, 0.4) is 0 Å². The zero-order chi connectivity index (χ0) is 13.9. The molecule has 1 aromatic heterocycles. The van der Waals surface area contributed by atoms with Gasteiger partial charge in [-0.15, -0.1) is 0 Å². The first-order valence-corrected chi connectivity index (χ1v) is 6.09. The molecule has 98 valence electrons. The van der Waals surface area contributed by atoms with E-state index in [2.05, 4.69) is 10.3 Å². The molecule has 0 saturated heterocycles. The molecular weight excluding hydrogens is 254 g/mol. The summed E-state index contributed by atoms with van der Waals surface area (Å²) in [5.74, 6) is 0. The van der Waals surface area contributed by atoms with Crippen molar-refractivity contribution in [3.63, 3.8) is 0 Å². The highest BCUT2D eigenvalue weighted by molar-refractivity contribution is 5.94. The molecule has 20 heavy (non-hydrogen) atoms. The van der Waals surface area contributed by atoms with Crippen molar-refractivity contribution in [3.8, 4) is 0 Å². The second-order valence-corrected chi connectivity index (χ2v) is 4.32. The Hall–Kier alpha value is -2.95. The van der Waals surface area contributed by atoms with Crippen LogP contribution in [0.5, 0.6) is 0 Å². The first kappa shape index (κ1) is 12.1. The zero-order valence-electron chi connectivity index (χ0n) is 10.5. The molecule has 0 aliphatic heterocycles. The van der Waals surface area contributed by atoms with Crippen LogP contribution in [-0.4, -0.2) is 9.91 Å². The molecule has 0 fully saturated rings. The number of aromatic nitrogens is 1. The number of pyridine rings is 1. The van der Waals surface area contributed by atoms with E-state index < -0.39 is 4.92 Å². The number of nitrogens with one attached hydrogen (secondary N) is 1. The van der Waals surface area contributed by atoms with Crippen LogP contribution in [0.4, 0.5) is 17.1 Å². The van der Waals surface area contributed by atoms with Crippen LogP contribution in [0.2, 0.25) is 0 Å². The van der Waals surface area contributed by atoms with Gasteiger partial charge in [-0.25, -0.2) is 0 Å². The summed E-state index contributed by atoms with van der Waals surface area (Å²) in [6.07, 6.45) is 1.67. The van der Waals surface area contributed by atoms with Crippen molar-refractivity contribution in [2.75, 3.05) is 5.32 Å². The molecule has 0 radical (unpaired) electrons. The van der Waals surface area contributed by atoms with Crippen LogP contribution >= 0.6 is 0 Å². The van der Waals surface area contributed by atoms with Crippen LogP contribution in [-0.2, 0) is 0 Å². The number of nitro groups is 1. The van der Waals surface area contributed by atoms with Gasteiger partial charge in [0.2, 0.25) is 0 Å². The predicted octanol–water partition coefficient (Wildman–Crippen LogP) is 3.89. The lowest BCUT2D eigenvalue weighted by atomic mass is 10.1. The first-order valence-electron chi connectivity index (χ1n) is 6.09. The fraction of sp³-hybridized carbons (Fsp3) is 0. The molecule has 1 N–H and O–H groups in total. The van der Waals surface area contributed by atoms with Gasteiger partial charge >= 0.3 is 0 Å². The molecule has 0 aliphatic rings. The minimum Gasteiger partial charge on any atom is -0.354 e. The monoisotopic (exact) mass is 265 g/mol. The van der Waals surface area contributed by atoms with E-state index in [1.807, 2.05) is 36.4 Å². The Kier molecular flexibility index (Phi) is 3.01. The predicted molar refractivity (Wildman–Crippen MR) is 78.1 cm³/mol. The Bertz CT molecular complexity index is 772. The molecule has 0 spiro atoms. The van der Waals surface area contributed by atoms with Gasteiger partial charge in [0.15, 0.2) is 0 Å². The third kappa shape index (κ3) is 2.29. The molecule has 5 nitrogen and oxygen atoms in total. The lowest BCUT2D eigenvalue weighted by Crippen LogP contribution is -1.95. The fourth-order valence-electron chi connectivity index (χ4n) is 2.05. The second-order valence-electron chi connectivity index (χ2n) is 4.32. The van der Waals surface area contributed by atoms with Gasteiger partial charge in [0.1, 0.15) is 0 Å². The third-order valence-electron chi connectivity index (χ3n) is 2.95. The molecule has 0 bridgehead atoms. The van der Waals surface area contributed by atoms with E-state index in [0.717, 1.165) is 11.1 Å². The lowest BCUT2D eigenvalue weighted by Gasteiger charge is -2.09. The number of rotatable bonds is 3. The SMILES string of the molecule is O=[N+]([O-])c1cc(Nc2ccccc2)c2ncccc2c1. The van der Waals surface area contributed by atoms with E-state index in [1.165, 1.54) is 12.1 Å². The number of nitro benzene ring substituents is 1.